The van der Waals surface area contributed by atoms with Crippen molar-refractivity contribution in [3.63, 3.8) is 0 Å². The molecule has 16 heavy (non-hydrogen) atoms. The minimum atomic E-state index is -0.996. The van der Waals surface area contributed by atoms with Crippen molar-refractivity contribution >= 4 is 21.9 Å². The van der Waals surface area contributed by atoms with Crippen LogP contribution in [0.2, 0.25) is 0 Å². The van der Waals surface area contributed by atoms with E-state index in [1.165, 1.54) is 0 Å². The van der Waals surface area contributed by atoms with E-state index in [0.29, 0.717) is 10.4 Å². The lowest BCUT2D eigenvalue weighted by Crippen LogP contribution is -2.05. The molecule has 0 radical (unpaired) electrons. The predicted molar refractivity (Wildman–Crippen MR) is 63.3 cm³/mol. The highest BCUT2D eigenvalue weighted by Gasteiger charge is 2.19. The normalized spacial score (nSPS) is 10.4. The summed E-state index contributed by atoms with van der Waals surface area (Å²) in [7, 11) is 1.68. The number of benzene rings is 1. The molecule has 0 fully saturated rings. The van der Waals surface area contributed by atoms with Crippen LogP contribution in [0, 0.1) is 0 Å². The molecule has 0 aliphatic carbocycles. The number of hydrogen-bond acceptors (Lipinski definition) is 2. The quantitative estimate of drug-likeness (QED) is 0.920. The Morgan fingerprint density at radius 2 is 2.00 bits per heavy atom. The van der Waals surface area contributed by atoms with Crippen molar-refractivity contribution in [2.75, 3.05) is 0 Å². The summed E-state index contributed by atoms with van der Waals surface area (Å²) in [6.45, 7) is 0. The highest BCUT2D eigenvalue weighted by atomic mass is 79.9. The number of aromatic carboxylic acids is 1. The molecule has 0 aliphatic rings. The fourth-order valence-corrected chi connectivity index (χ4v) is 2.15. The number of rotatable bonds is 2. The summed E-state index contributed by atoms with van der Waals surface area (Å²) in [5.74, 6) is -0.367. The Bertz CT molecular complexity index is 534. The van der Waals surface area contributed by atoms with Crippen LogP contribution in [-0.2, 0) is 7.05 Å². The summed E-state index contributed by atoms with van der Waals surface area (Å²) in [5, 5.41) is 9.02. The maximum Gasteiger partial charge on any atom is 0.355 e. The van der Waals surface area contributed by atoms with Gasteiger partial charge in [-0.2, -0.15) is 0 Å². The number of imidazole rings is 1. The Hall–Kier alpha value is -1.62. The maximum absolute atomic E-state index is 11.0. The Morgan fingerprint density at radius 1 is 1.38 bits per heavy atom. The maximum atomic E-state index is 11.0. The first-order chi connectivity index (χ1) is 7.61. The van der Waals surface area contributed by atoms with Gasteiger partial charge >= 0.3 is 5.97 Å². The largest absolute Gasteiger partial charge is 0.476 e. The van der Waals surface area contributed by atoms with Gasteiger partial charge in [0.25, 0.3) is 0 Å². The first-order valence-electron chi connectivity index (χ1n) is 4.62. The van der Waals surface area contributed by atoms with Crippen LogP contribution in [0.25, 0.3) is 11.4 Å². The van der Waals surface area contributed by atoms with Crippen molar-refractivity contribution in [2.24, 2.45) is 7.05 Å². The van der Waals surface area contributed by atoms with E-state index >= 15 is 0 Å². The van der Waals surface area contributed by atoms with Gasteiger partial charge in [0.1, 0.15) is 10.4 Å². The van der Waals surface area contributed by atoms with Gasteiger partial charge in [0.15, 0.2) is 5.69 Å². The molecule has 1 aromatic heterocycles. The number of aromatic nitrogens is 2. The van der Waals surface area contributed by atoms with Crippen molar-refractivity contribution in [1.29, 1.82) is 0 Å². The highest BCUT2D eigenvalue weighted by Crippen LogP contribution is 2.24. The second kappa shape index (κ2) is 4.09. The minimum Gasteiger partial charge on any atom is -0.476 e. The van der Waals surface area contributed by atoms with Crippen LogP contribution in [-0.4, -0.2) is 20.6 Å². The number of halogens is 1. The van der Waals surface area contributed by atoms with Crippen molar-refractivity contribution in [3.8, 4) is 11.4 Å². The molecule has 1 aromatic carbocycles. The number of carboxylic acid groups (broad SMARTS) is 1. The van der Waals surface area contributed by atoms with E-state index in [-0.39, 0.29) is 5.69 Å². The fraction of sp³-hybridized carbons (Fsp3) is 0.0909. The van der Waals surface area contributed by atoms with Crippen molar-refractivity contribution in [2.45, 2.75) is 0 Å². The van der Waals surface area contributed by atoms with E-state index in [2.05, 4.69) is 20.9 Å². The SMILES string of the molecule is Cn1c(-c2ccccc2)nc(Br)c1C(=O)O. The Labute approximate surface area is 101 Å². The highest BCUT2D eigenvalue weighted by molar-refractivity contribution is 9.10. The van der Waals surface area contributed by atoms with E-state index in [1.807, 2.05) is 30.3 Å². The molecule has 1 heterocycles. The molecule has 4 nitrogen and oxygen atoms in total. The molecule has 0 unspecified atom stereocenters. The third-order valence-electron chi connectivity index (χ3n) is 2.29. The van der Waals surface area contributed by atoms with Crippen molar-refractivity contribution in [1.82, 2.24) is 9.55 Å². The second-order valence-electron chi connectivity index (χ2n) is 3.31. The van der Waals surface area contributed by atoms with E-state index in [0.717, 1.165) is 5.56 Å². The van der Waals surface area contributed by atoms with Crippen molar-refractivity contribution < 1.29 is 9.90 Å². The monoisotopic (exact) mass is 280 g/mol. The molecule has 0 spiro atoms. The van der Waals surface area contributed by atoms with Crippen molar-refractivity contribution in [3.05, 3.63) is 40.6 Å². The number of nitrogens with zero attached hydrogens (tertiary/aromatic N) is 2. The van der Waals surface area contributed by atoms with Gasteiger partial charge in [0.05, 0.1) is 0 Å². The molecular weight excluding hydrogens is 272 g/mol. The third-order valence-corrected chi connectivity index (χ3v) is 2.84. The molecule has 2 aromatic rings. The zero-order chi connectivity index (χ0) is 11.7. The minimum absolute atomic E-state index is 0.152. The van der Waals surface area contributed by atoms with Crippen LogP contribution in [0.4, 0.5) is 0 Å². The van der Waals surface area contributed by atoms with Crippen LogP contribution in [0.1, 0.15) is 10.5 Å². The van der Waals surface area contributed by atoms with Gasteiger partial charge in [0.2, 0.25) is 0 Å². The van der Waals surface area contributed by atoms with Crippen LogP contribution in [0.3, 0.4) is 0 Å². The number of carboxylic acids is 1. The predicted octanol–water partition coefficient (Wildman–Crippen LogP) is 2.55. The molecule has 0 saturated carbocycles. The average Bonchev–Trinajstić information content (AvgIpc) is 2.55. The van der Waals surface area contributed by atoms with E-state index < -0.39 is 5.97 Å². The second-order valence-corrected chi connectivity index (χ2v) is 4.06. The molecule has 0 bridgehead atoms. The van der Waals surface area contributed by atoms with Gasteiger partial charge in [-0.3, -0.25) is 0 Å². The fourth-order valence-electron chi connectivity index (χ4n) is 1.54. The summed E-state index contributed by atoms with van der Waals surface area (Å²) in [5.41, 5.74) is 1.04. The zero-order valence-electron chi connectivity index (χ0n) is 8.51. The molecule has 0 aliphatic heterocycles. The van der Waals surface area contributed by atoms with E-state index in [9.17, 15) is 4.79 Å². The lowest BCUT2D eigenvalue weighted by molar-refractivity contribution is 0.0685. The Kier molecular flexibility index (Phi) is 2.78. The smallest absolute Gasteiger partial charge is 0.355 e. The van der Waals surface area contributed by atoms with Gasteiger partial charge in [0, 0.05) is 12.6 Å². The first kappa shape index (κ1) is 10.9. The van der Waals surface area contributed by atoms with Crippen LogP contribution >= 0.6 is 15.9 Å². The number of carbonyl (C=O) groups is 1. The molecule has 0 saturated heterocycles. The summed E-state index contributed by atoms with van der Waals surface area (Å²) >= 11 is 3.15. The molecule has 1 N–H and O–H groups in total. The Morgan fingerprint density at radius 3 is 2.50 bits per heavy atom. The van der Waals surface area contributed by atoms with Crippen LogP contribution < -0.4 is 0 Å². The summed E-state index contributed by atoms with van der Waals surface area (Å²) < 4.78 is 1.91. The van der Waals surface area contributed by atoms with Gasteiger partial charge < -0.3 is 9.67 Å². The standard InChI is InChI=1S/C11H9BrN2O2/c1-14-8(11(15)16)9(12)13-10(14)7-5-3-2-4-6-7/h2-6H,1H3,(H,15,16). The van der Waals surface area contributed by atoms with Crippen LogP contribution in [0.5, 0.6) is 0 Å². The van der Waals surface area contributed by atoms with Gasteiger partial charge in [-0.25, -0.2) is 9.78 Å². The van der Waals surface area contributed by atoms with E-state index in [4.69, 9.17) is 5.11 Å². The summed E-state index contributed by atoms with van der Waals surface area (Å²) in [6.07, 6.45) is 0. The number of hydrogen-bond donors (Lipinski definition) is 1. The van der Waals surface area contributed by atoms with Gasteiger partial charge in [-0.1, -0.05) is 30.3 Å². The topological polar surface area (TPSA) is 55.1 Å². The molecule has 0 atom stereocenters. The first-order valence-corrected chi connectivity index (χ1v) is 5.41. The lowest BCUT2D eigenvalue weighted by Gasteiger charge is -2.02. The zero-order valence-corrected chi connectivity index (χ0v) is 10.1. The molecule has 5 heteroatoms. The third kappa shape index (κ3) is 1.74. The van der Waals surface area contributed by atoms with Gasteiger partial charge in [-0.05, 0) is 15.9 Å². The lowest BCUT2D eigenvalue weighted by atomic mass is 10.2. The molecule has 0 amide bonds. The average molecular weight is 281 g/mol. The molecular formula is C11H9BrN2O2. The summed E-state index contributed by atoms with van der Waals surface area (Å²) in [6, 6.07) is 9.46. The summed E-state index contributed by atoms with van der Waals surface area (Å²) in [4.78, 5) is 15.2. The van der Waals surface area contributed by atoms with Crippen LogP contribution in [0.15, 0.2) is 34.9 Å². The van der Waals surface area contributed by atoms with Gasteiger partial charge in [-0.15, -0.1) is 0 Å². The Balaban J connectivity index is 2.61. The van der Waals surface area contributed by atoms with E-state index in [1.54, 1.807) is 11.6 Å². The molecule has 2 rings (SSSR count). The molecule has 82 valence electrons.